The normalized spacial score (nSPS) is 14.9. The molecule has 0 saturated carbocycles. The topological polar surface area (TPSA) is 58.4 Å². The molecule has 1 aliphatic heterocycles. The second kappa shape index (κ2) is 8.31. The van der Waals surface area contributed by atoms with Crippen molar-refractivity contribution < 1.29 is 9.69 Å². The Balaban J connectivity index is 1.38. The number of carbonyl (C=O) groups excluding carboxylic acids is 1. The Morgan fingerprint density at radius 1 is 1.10 bits per heavy atom. The number of H-pyrrole nitrogens is 1. The Labute approximate surface area is 175 Å². The number of aromatic amines is 1. The Bertz CT molecular complexity index is 1040. The number of aryl methyl sites for hydroxylation is 1. The van der Waals surface area contributed by atoms with Crippen molar-refractivity contribution >= 4 is 23.7 Å². The Morgan fingerprint density at radius 3 is 2.38 bits per heavy atom. The number of hydrogen-bond acceptors (Lipinski definition) is 4. The molecule has 1 aromatic heterocycles. The number of carbonyl (C=O) groups is 1. The Morgan fingerprint density at radius 2 is 1.76 bits per heavy atom. The predicted octanol–water partition coefficient (Wildman–Crippen LogP) is 2.48. The van der Waals surface area contributed by atoms with Gasteiger partial charge in [-0.2, -0.15) is 4.98 Å². The van der Waals surface area contributed by atoms with Crippen molar-refractivity contribution in [3.8, 4) is 11.4 Å². The van der Waals surface area contributed by atoms with Crippen LogP contribution >= 0.6 is 12.2 Å². The summed E-state index contributed by atoms with van der Waals surface area (Å²) in [4.78, 5) is 19.8. The maximum absolute atomic E-state index is 11.4. The summed E-state index contributed by atoms with van der Waals surface area (Å²) in [6, 6.07) is 16.2. The van der Waals surface area contributed by atoms with E-state index in [4.69, 9.17) is 12.2 Å². The molecule has 0 aliphatic carbocycles. The number of nitrogens with one attached hydrogen (secondary N) is 2. The minimum Gasteiger partial charge on any atom is -0.360 e. The standard InChI is InChI=1S/C22H25N5OS/c1-16-3-5-19(6-4-16)21-23-22(29)27(24-21)15-25-11-13-26(14-12-25)20-9-7-18(8-10-20)17(2)28/h3-10H,11-15H2,1-2H3,(H,23,24,29)/p+1. The van der Waals surface area contributed by atoms with E-state index in [0.29, 0.717) is 4.77 Å². The van der Waals surface area contributed by atoms with E-state index in [1.165, 1.54) is 16.2 Å². The molecule has 1 saturated heterocycles. The number of anilines is 1. The average Bonchev–Trinajstić information content (AvgIpc) is 3.09. The third kappa shape index (κ3) is 4.46. The van der Waals surface area contributed by atoms with Crippen LogP contribution in [0.3, 0.4) is 0 Å². The minimum absolute atomic E-state index is 0.104. The first kappa shape index (κ1) is 19.5. The van der Waals surface area contributed by atoms with Crippen LogP contribution in [0.15, 0.2) is 48.5 Å². The van der Waals surface area contributed by atoms with Gasteiger partial charge in [0.1, 0.15) is 0 Å². The first-order chi connectivity index (χ1) is 14.0. The highest BCUT2D eigenvalue weighted by Gasteiger charge is 2.21. The van der Waals surface area contributed by atoms with E-state index in [0.717, 1.165) is 49.8 Å². The summed E-state index contributed by atoms with van der Waals surface area (Å²) in [5.41, 5.74) is 4.21. The molecule has 0 unspecified atom stereocenters. The van der Waals surface area contributed by atoms with Crippen molar-refractivity contribution in [2.75, 3.05) is 31.1 Å². The maximum Gasteiger partial charge on any atom is 0.221 e. The summed E-state index contributed by atoms with van der Waals surface area (Å²) in [5, 5.41) is 3.36. The van der Waals surface area contributed by atoms with Gasteiger partial charge in [-0.3, -0.25) is 9.89 Å². The fourth-order valence-corrected chi connectivity index (χ4v) is 3.88. The van der Waals surface area contributed by atoms with E-state index in [2.05, 4.69) is 46.2 Å². The van der Waals surface area contributed by atoms with Gasteiger partial charge in [0, 0.05) is 16.8 Å². The van der Waals surface area contributed by atoms with Crippen LogP contribution in [-0.2, 0) is 6.67 Å². The number of ketones is 1. The molecule has 4 rings (SSSR count). The fourth-order valence-electron chi connectivity index (χ4n) is 3.67. The van der Waals surface area contributed by atoms with E-state index >= 15 is 0 Å². The summed E-state index contributed by atoms with van der Waals surface area (Å²) >= 11 is 5.47. The second-order valence-electron chi connectivity index (χ2n) is 7.65. The number of Topliss-reactive ketones (excluding diaryl/α,β-unsaturated/α-hetero) is 1. The molecule has 0 bridgehead atoms. The number of nitrogens with zero attached hydrogens (tertiary/aromatic N) is 3. The van der Waals surface area contributed by atoms with Crippen LogP contribution < -0.4 is 9.80 Å². The van der Waals surface area contributed by atoms with E-state index in [9.17, 15) is 4.79 Å². The SMILES string of the molecule is CC(=O)c1ccc(N2CC[NH+](Cn3[nH]c(-c4ccc(C)cc4)nc3=S)CC2)cc1. The summed E-state index contributed by atoms with van der Waals surface area (Å²) in [6.45, 7) is 8.45. The van der Waals surface area contributed by atoms with Crippen LogP contribution in [0.5, 0.6) is 0 Å². The molecule has 0 radical (unpaired) electrons. The summed E-state index contributed by atoms with van der Waals surface area (Å²) < 4.78 is 2.56. The summed E-state index contributed by atoms with van der Waals surface area (Å²) in [5.74, 6) is 0.922. The highest BCUT2D eigenvalue weighted by molar-refractivity contribution is 7.71. The van der Waals surface area contributed by atoms with Crippen LogP contribution in [0.2, 0.25) is 0 Å². The average molecular weight is 409 g/mol. The zero-order valence-electron chi connectivity index (χ0n) is 16.8. The van der Waals surface area contributed by atoms with E-state index in [1.807, 2.05) is 28.9 Å². The van der Waals surface area contributed by atoms with Gasteiger partial charge in [-0.05, 0) is 50.3 Å². The van der Waals surface area contributed by atoms with Gasteiger partial charge in [-0.25, -0.2) is 4.68 Å². The lowest BCUT2D eigenvalue weighted by Crippen LogP contribution is -3.14. The first-order valence-corrected chi connectivity index (χ1v) is 10.3. The quantitative estimate of drug-likeness (QED) is 0.503. The number of rotatable bonds is 5. The van der Waals surface area contributed by atoms with Crippen molar-refractivity contribution in [1.82, 2.24) is 14.8 Å². The molecule has 0 amide bonds. The summed E-state index contributed by atoms with van der Waals surface area (Å²) in [7, 11) is 0. The molecule has 1 aliphatic rings. The molecule has 7 heteroatoms. The van der Waals surface area contributed by atoms with Gasteiger partial charge < -0.3 is 9.80 Å². The van der Waals surface area contributed by atoms with Crippen molar-refractivity contribution in [2.45, 2.75) is 20.5 Å². The third-order valence-electron chi connectivity index (χ3n) is 5.50. The molecule has 0 spiro atoms. The first-order valence-electron chi connectivity index (χ1n) is 9.93. The summed E-state index contributed by atoms with van der Waals surface area (Å²) in [6.07, 6.45) is 0. The highest BCUT2D eigenvalue weighted by atomic mass is 32.1. The second-order valence-corrected chi connectivity index (χ2v) is 8.01. The minimum atomic E-state index is 0.104. The number of quaternary nitrogens is 1. The van der Waals surface area contributed by atoms with Gasteiger partial charge in [0.25, 0.3) is 0 Å². The number of piperazine rings is 1. The monoisotopic (exact) mass is 408 g/mol. The zero-order valence-corrected chi connectivity index (χ0v) is 17.6. The maximum atomic E-state index is 11.4. The highest BCUT2D eigenvalue weighted by Crippen LogP contribution is 2.16. The van der Waals surface area contributed by atoms with Gasteiger partial charge in [-0.1, -0.05) is 29.8 Å². The Kier molecular flexibility index (Phi) is 5.60. The fraction of sp³-hybridized carbons (Fsp3) is 0.318. The lowest BCUT2D eigenvalue weighted by atomic mass is 10.1. The van der Waals surface area contributed by atoms with Crippen molar-refractivity contribution in [3.05, 3.63) is 64.4 Å². The van der Waals surface area contributed by atoms with Crippen LogP contribution in [-0.4, -0.2) is 46.7 Å². The molecule has 0 atom stereocenters. The van der Waals surface area contributed by atoms with Crippen LogP contribution in [0.4, 0.5) is 5.69 Å². The number of benzene rings is 2. The van der Waals surface area contributed by atoms with Gasteiger partial charge >= 0.3 is 0 Å². The lowest BCUT2D eigenvalue weighted by molar-refractivity contribution is -0.924. The molecule has 3 aromatic rings. The van der Waals surface area contributed by atoms with Crippen molar-refractivity contribution in [1.29, 1.82) is 0 Å². The van der Waals surface area contributed by atoms with E-state index in [-0.39, 0.29) is 5.78 Å². The molecule has 1 fully saturated rings. The predicted molar refractivity (Wildman–Crippen MR) is 117 cm³/mol. The van der Waals surface area contributed by atoms with Crippen molar-refractivity contribution in [2.24, 2.45) is 0 Å². The lowest BCUT2D eigenvalue weighted by Gasteiger charge is -2.33. The zero-order chi connectivity index (χ0) is 20.4. The van der Waals surface area contributed by atoms with E-state index < -0.39 is 0 Å². The molecular weight excluding hydrogens is 382 g/mol. The van der Waals surface area contributed by atoms with Crippen LogP contribution in [0, 0.1) is 11.7 Å². The van der Waals surface area contributed by atoms with Crippen molar-refractivity contribution in [3.63, 3.8) is 0 Å². The Hall–Kier alpha value is -2.77. The van der Waals surface area contributed by atoms with E-state index in [1.54, 1.807) is 6.92 Å². The largest absolute Gasteiger partial charge is 0.360 e. The molecule has 2 N–H and O–H groups in total. The number of aromatic nitrogens is 3. The third-order valence-corrected chi connectivity index (χ3v) is 5.81. The van der Waals surface area contributed by atoms with Gasteiger partial charge in [-0.15, -0.1) is 0 Å². The van der Waals surface area contributed by atoms with Crippen LogP contribution in [0.1, 0.15) is 22.8 Å². The molecule has 150 valence electrons. The van der Waals surface area contributed by atoms with Gasteiger partial charge in [0.05, 0.1) is 26.2 Å². The molecule has 6 nitrogen and oxygen atoms in total. The number of hydrogen-bond donors (Lipinski definition) is 2. The van der Waals surface area contributed by atoms with Crippen LogP contribution in [0.25, 0.3) is 11.4 Å². The molecule has 2 aromatic carbocycles. The molecular formula is C22H26N5OS+. The van der Waals surface area contributed by atoms with Gasteiger partial charge in [0.2, 0.25) is 4.77 Å². The smallest absolute Gasteiger partial charge is 0.221 e. The molecule has 2 heterocycles. The molecule has 29 heavy (non-hydrogen) atoms. The van der Waals surface area contributed by atoms with Gasteiger partial charge in [0.15, 0.2) is 18.3 Å².